The molecule has 1 fully saturated rings. The fourth-order valence-corrected chi connectivity index (χ4v) is 3.54. The van der Waals surface area contributed by atoms with Crippen molar-refractivity contribution in [2.75, 3.05) is 19.4 Å². The van der Waals surface area contributed by atoms with E-state index in [1.807, 2.05) is 24.3 Å². The second-order valence-electron chi connectivity index (χ2n) is 5.71. The summed E-state index contributed by atoms with van der Waals surface area (Å²) in [7, 11) is -0.835. The standard InChI is InChI=1S/C15H21N3O2S.HI/c1-21(19)15(7-8-15)10-17-14(16)18-12-6-9-20-13-5-3-2-4-11(12)13;/h2-5,12H,6-10H2,1H3,(H3,16,17,18);1H. The zero-order valence-electron chi connectivity index (χ0n) is 12.6. The van der Waals surface area contributed by atoms with Gasteiger partial charge in [-0.25, -0.2) is 0 Å². The molecule has 3 N–H and O–H groups in total. The zero-order chi connectivity index (χ0) is 14.9. The first-order valence-electron chi connectivity index (χ1n) is 7.22. The number of ether oxygens (including phenoxy) is 1. The molecule has 0 bridgehead atoms. The van der Waals surface area contributed by atoms with Crippen LogP contribution in [-0.2, 0) is 10.8 Å². The van der Waals surface area contributed by atoms with Crippen LogP contribution < -0.4 is 15.8 Å². The van der Waals surface area contributed by atoms with E-state index in [9.17, 15) is 4.21 Å². The highest BCUT2D eigenvalue weighted by molar-refractivity contribution is 14.0. The SMILES string of the molecule is CS(=O)C1(CN=C(N)NC2CCOc3ccccc32)CC1.I. The molecular weight excluding hydrogens is 413 g/mol. The van der Waals surface area contributed by atoms with E-state index in [0.717, 1.165) is 30.6 Å². The van der Waals surface area contributed by atoms with Gasteiger partial charge >= 0.3 is 0 Å². The molecule has 1 aromatic rings. The van der Waals surface area contributed by atoms with Crippen LogP contribution in [0.2, 0.25) is 0 Å². The van der Waals surface area contributed by atoms with Gasteiger partial charge in [0.2, 0.25) is 0 Å². The van der Waals surface area contributed by atoms with E-state index in [-0.39, 0.29) is 34.8 Å². The Bertz CT molecular complexity index is 590. The molecule has 2 aliphatic rings. The van der Waals surface area contributed by atoms with Gasteiger partial charge in [-0.05, 0) is 18.9 Å². The molecule has 2 unspecified atom stereocenters. The Hall–Kier alpha value is -0.830. The van der Waals surface area contributed by atoms with E-state index < -0.39 is 10.8 Å². The molecule has 1 aromatic carbocycles. The Morgan fingerprint density at radius 3 is 2.91 bits per heavy atom. The van der Waals surface area contributed by atoms with Gasteiger partial charge in [0.25, 0.3) is 0 Å². The summed E-state index contributed by atoms with van der Waals surface area (Å²) in [4.78, 5) is 4.40. The maximum Gasteiger partial charge on any atom is 0.189 e. The molecule has 122 valence electrons. The largest absolute Gasteiger partial charge is 0.493 e. The Morgan fingerprint density at radius 1 is 1.50 bits per heavy atom. The third-order valence-electron chi connectivity index (χ3n) is 4.24. The van der Waals surface area contributed by atoms with Crippen molar-refractivity contribution in [3.05, 3.63) is 29.8 Å². The Kier molecular flexibility index (Phi) is 5.70. The number of nitrogens with zero attached hydrogens (tertiary/aromatic N) is 1. The number of para-hydroxylation sites is 1. The molecule has 22 heavy (non-hydrogen) atoms. The molecule has 0 amide bonds. The average molecular weight is 435 g/mol. The minimum absolute atomic E-state index is 0. The maximum absolute atomic E-state index is 11.7. The van der Waals surface area contributed by atoms with Gasteiger partial charge in [-0.2, -0.15) is 0 Å². The maximum atomic E-state index is 11.7. The second kappa shape index (κ2) is 7.16. The molecule has 0 spiro atoms. The minimum atomic E-state index is -0.835. The topological polar surface area (TPSA) is 76.7 Å². The first kappa shape index (κ1) is 17.5. The Labute approximate surface area is 150 Å². The lowest BCUT2D eigenvalue weighted by molar-refractivity contribution is 0.262. The Balaban J connectivity index is 0.00000176. The van der Waals surface area contributed by atoms with E-state index in [4.69, 9.17) is 10.5 Å². The normalized spacial score (nSPS) is 23.5. The number of fused-ring (bicyclic) bond motifs is 1. The van der Waals surface area contributed by atoms with Crippen LogP contribution >= 0.6 is 24.0 Å². The molecule has 1 heterocycles. The van der Waals surface area contributed by atoms with Crippen molar-refractivity contribution in [1.29, 1.82) is 0 Å². The lowest BCUT2D eigenvalue weighted by atomic mass is 10.0. The quantitative estimate of drug-likeness (QED) is 0.431. The van der Waals surface area contributed by atoms with Crippen LogP contribution in [-0.4, -0.2) is 34.3 Å². The summed E-state index contributed by atoms with van der Waals surface area (Å²) in [5, 5.41) is 3.26. The van der Waals surface area contributed by atoms with E-state index in [0.29, 0.717) is 19.1 Å². The molecule has 0 aromatic heterocycles. The van der Waals surface area contributed by atoms with Crippen molar-refractivity contribution in [2.24, 2.45) is 10.7 Å². The van der Waals surface area contributed by atoms with E-state index in [1.54, 1.807) is 6.26 Å². The van der Waals surface area contributed by atoms with Crippen molar-refractivity contribution in [1.82, 2.24) is 5.32 Å². The lowest BCUT2D eigenvalue weighted by Crippen LogP contribution is -2.38. The Morgan fingerprint density at radius 2 is 2.23 bits per heavy atom. The van der Waals surface area contributed by atoms with Crippen molar-refractivity contribution in [2.45, 2.75) is 30.1 Å². The number of aliphatic imine (C=N–C) groups is 1. The summed E-state index contributed by atoms with van der Waals surface area (Å²) in [6.45, 7) is 1.21. The number of hydrogen-bond acceptors (Lipinski definition) is 3. The van der Waals surface area contributed by atoms with Crippen LogP contribution in [0.3, 0.4) is 0 Å². The number of benzene rings is 1. The smallest absolute Gasteiger partial charge is 0.189 e. The molecule has 1 aliphatic heterocycles. The molecule has 2 atom stereocenters. The van der Waals surface area contributed by atoms with Crippen molar-refractivity contribution in [3.63, 3.8) is 0 Å². The van der Waals surface area contributed by atoms with Crippen molar-refractivity contribution >= 4 is 40.7 Å². The highest BCUT2D eigenvalue weighted by atomic mass is 127. The summed E-state index contributed by atoms with van der Waals surface area (Å²) >= 11 is 0. The van der Waals surface area contributed by atoms with Gasteiger partial charge in [-0.1, -0.05) is 18.2 Å². The molecular formula is C15H22IN3O2S. The van der Waals surface area contributed by atoms with Gasteiger partial charge in [0.05, 0.1) is 23.9 Å². The van der Waals surface area contributed by atoms with Gasteiger partial charge in [0.1, 0.15) is 5.75 Å². The van der Waals surface area contributed by atoms with Crippen LogP contribution in [0.5, 0.6) is 5.75 Å². The molecule has 0 saturated heterocycles. The van der Waals surface area contributed by atoms with Crippen molar-refractivity contribution in [3.8, 4) is 5.75 Å². The fraction of sp³-hybridized carbons (Fsp3) is 0.533. The molecule has 1 saturated carbocycles. The summed E-state index contributed by atoms with van der Waals surface area (Å²) in [6, 6.07) is 8.10. The zero-order valence-corrected chi connectivity index (χ0v) is 15.7. The monoisotopic (exact) mass is 435 g/mol. The van der Waals surface area contributed by atoms with Gasteiger partial charge in [-0.3, -0.25) is 9.20 Å². The second-order valence-corrected chi connectivity index (χ2v) is 7.48. The van der Waals surface area contributed by atoms with Gasteiger partial charge in [-0.15, -0.1) is 24.0 Å². The van der Waals surface area contributed by atoms with Crippen LogP contribution in [0, 0.1) is 0 Å². The van der Waals surface area contributed by atoms with E-state index in [2.05, 4.69) is 10.3 Å². The molecule has 0 radical (unpaired) electrons. The van der Waals surface area contributed by atoms with Crippen LogP contribution in [0.15, 0.2) is 29.3 Å². The predicted molar refractivity (Wildman–Crippen MR) is 100 cm³/mol. The third-order valence-corrected chi connectivity index (χ3v) is 5.99. The summed E-state index contributed by atoms with van der Waals surface area (Å²) in [6.07, 6.45) is 4.57. The highest BCUT2D eigenvalue weighted by Crippen LogP contribution is 2.41. The molecule has 7 heteroatoms. The van der Waals surface area contributed by atoms with Crippen LogP contribution in [0.25, 0.3) is 0 Å². The number of halogens is 1. The third kappa shape index (κ3) is 3.73. The van der Waals surface area contributed by atoms with E-state index in [1.165, 1.54) is 0 Å². The number of rotatable bonds is 4. The fourth-order valence-electron chi connectivity index (χ4n) is 2.62. The van der Waals surface area contributed by atoms with Gasteiger partial charge in [0, 0.05) is 29.0 Å². The number of nitrogens with one attached hydrogen (secondary N) is 1. The highest BCUT2D eigenvalue weighted by Gasteiger charge is 2.46. The lowest BCUT2D eigenvalue weighted by Gasteiger charge is -2.27. The number of hydrogen-bond donors (Lipinski definition) is 2. The van der Waals surface area contributed by atoms with Crippen LogP contribution in [0.1, 0.15) is 30.9 Å². The summed E-state index contributed by atoms with van der Waals surface area (Å²) < 4.78 is 17.2. The number of guanidine groups is 1. The van der Waals surface area contributed by atoms with Gasteiger partial charge < -0.3 is 15.8 Å². The van der Waals surface area contributed by atoms with E-state index >= 15 is 0 Å². The minimum Gasteiger partial charge on any atom is -0.493 e. The molecule has 1 aliphatic carbocycles. The molecule has 5 nitrogen and oxygen atoms in total. The first-order valence-corrected chi connectivity index (χ1v) is 8.78. The molecule has 3 rings (SSSR count). The average Bonchev–Trinajstić information content (AvgIpc) is 3.27. The van der Waals surface area contributed by atoms with Crippen molar-refractivity contribution < 1.29 is 8.95 Å². The predicted octanol–water partition coefficient (Wildman–Crippen LogP) is 1.94. The number of nitrogens with two attached hydrogens (primary N) is 1. The summed E-state index contributed by atoms with van der Waals surface area (Å²) in [5.74, 6) is 1.33. The first-order chi connectivity index (χ1) is 10.1. The van der Waals surface area contributed by atoms with Gasteiger partial charge in [0.15, 0.2) is 5.96 Å². The van der Waals surface area contributed by atoms with Crippen LogP contribution in [0.4, 0.5) is 0 Å². The summed E-state index contributed by atoms with van der Waals surface area (Å²) in [5.41, 5.74) is 7.11.